The molecule has 0 radical (unpaired) electrons. The summed E-state index contributed by atoms with van der Waals surface area (Å²) in [7, 11) is 1.68. The van der Waals surface area contributed by atoms with Crippen LogP contribution in [0, 0.1) is 16.7 Å². The summed E-state index contributed by atoms with van der Waals surface area (Å²) in [6.45, 7) is 12.9. The Morgan fingerprint density at radius 2 is 1.88 bits per heavy atom. The molecule has 1 aromatic rings. The zero-order valence-corrected chi connectivity index (χ0v) is 16.2. The molecule has 0 amide bonds. The minimum Gasteiger partial charge on any atom is -0.497 e. The number of carbonyl (C=O) groups excluding carboxylic acids is 1. The molecule has 1 aliphatic carbocycles. The van der Waals surface area contributed by atoms with Crippen LogP contribution in [-0.2, 0) is 16.0 Å². The van der Waals surface area contributed by atoms with Crippen molar-refractivity contribution in [1.29, 1.82) is 0 Å². The third-order valence-electron chi connectivity index (χ3n) is 4.78. The number of esters is 1. The van der Waals surface area contributed by atoms with Gasteiger partial charge in [-0.15, -0.1) is 0 Å². The maximum absolute atomic E-state index is 12.9. The van der Waals surface area contributed by atoms with Gasteiger partial charge in [0.05, 0.1) is 13.0 Å². The molecular weight excluding hydrogens is 300 g/mol. The number of hydrogen-bond donors (Lipinski definition) is 0. The number of carbonyl (C=O) groups is 1. The number of hydrogen-bond acceptors (Lipinski definition) is 3. The van der Waals surface area contributed by atoms with Crippen molar-refractivity contribution in [3.8, 4) is 5.75 Å². The van der Waals surface area contributed by atoms with Crippen LogP contribution in [0.4, 0.5) is 0 Å². The molecule has 0 aromatic heterocycles. The SMILES string of the molecule is COc1ccc2c(c1)CCC2OC(=O)C(CC(C)(C)C)C(C)(C)C. The van der Waals surface area contributed by atoms with Gasteiger partial charge in [-0.1, -0.05) is 47.6 Å². The molecule has 1 aliphatic rings. The minimum absolute atomic E-state index is 0.0638. The molecule has 0 bridgehead atoms. The molecule has 2 unspecified atom stereocenters. The highest BCUT2D eigenvalue weighted by atomic mass is 16.5. The molecular formula is C21H32O3. The highest BCUT2D eigenvalue weighted by Gasteiger charge is 2.38. The summed E-state index contributed by atoms with van der Waals surface area (Å²) in [5.41, 5.74) is 2.35. The second-order valence-electron chi connectivity index (χ2n) is 9.21. The van der Waals surface area contributed by atoms with Crippen molar-refractivity contribution in [2.24, 2.45) is 16.7 Å². The van der Waals surface area contributed by atoms with Crippen LogP contribution < -0.4 is 4.74 Å². The van der Waals surface area contributed by atoms with E-state index in [2.05, 4.69) is 47.6 Å². The molecule has 134 valence electrons. The molecule has 2 atom stereocenters. The predicted octanol–water partition coefficient (Wildman–Crippen LogP) is 5.32. The summed E-state index contributed by atoms with van der Waals surface area (Å²) in [5, 5.41) is 0. The normalized spacial score (nSPS) is 18.9. The van der Waals surface area contributed by atoms with Crippen molar-refractivity contribution in [3.63, 3.8) is 0 Å². The average Bonchev–Trinajstić information content (AvgIpc) is 2.85. The van der Waals surface area contributed by atoms with Crippen LogP contribution in [0.1, 0.15) is 71.6 Å². The average molecular weight is 332 g/mol. The van der Waals surface area contributed by atoms with Crippen molar-refractivity contribution in [2.75, 3.05) is 7.11 Å². The third-order valence-corrected chi connectivity index (χ3v) is 4.78. The van der Waals surface area contributed by atoms with Gasteiger partial charge in [0.2, 0.25) is 0 Å². The molecule has 3 nitrogen and oxygen atoms in total. The van der Waals surface area contributed by atoms with Crippen LogP contribution >= 0.6 is 0 Å². The van der Waals surface area contributed by atoms with Gasteiger partial charge in [-0.25, -0.2) is 0 Å². The van der Waals surface area contributed by atoms with E-state index in [1.165, 1.54) is 5.56 Å². The second-order valence-corrected chi connectivity index (χ2v) is 9.21. The van der Waals surface area contributed by atoms with E-state index >= 15 is 0 Å². The Labute approximate surface area is 146 Å². The Kier molecular flexibility index (Phi) is 5.31. The molecule has 2 rings (SSSR count). The van der Waals surface area contributed by atoms with Gasteiger partial charge in [0.25, 0.3) is 0 Å². The van der Waals surface area contributed by atoms with E-state index in [-0.39, 0.29) is 28.8 Å². The maximum Gasteiger partial charge on any atom is 0.310 e. The van der Waals surface area contributed by atoms with Crippen LogP contribution in [0.15, 0.2) is 18.2 Å². The number of fused-ring (bicyclic) bond motifs is 1. The topological polar surface area (TPSA) is 35.5 Å². The van der Waals surface area contributed by atoms with Crippen LogP contribution in [0.2, 0.25) is 0 Å². The van der Waals surface area contributed by atoms with Gasteiger partial charge in [-0.3, -0.25) is 4.79 Å². The summed E-state index contributed by atoms with van der Waals surface area (Å²) < 4.78 is 11.3. The Morgan fingerprint density at radius 1 is 1.21 bits per heavy atom. The number of methoxy groups -OCH3 is 1. The van der Waals surface area contributed by atoms with Gasteiger partial charge in [-0.2, -0.15) is 0 Å². The fourth-order valence-corrected chi connectivity index (χ4v) is 3.38. The third kappa shape index (κ3) is 4.52. The standard InChI is InChI=1S/C21H32O3/c1-20(2,3)13-17(21(4,5)6)19(22)24-18-11-8-14-12-15(23-7)9-10-16(14)18/h9-10,12,17-18H,8,11,13H2,1-7H3. The Bertz CT molecular complexity index is 590. The minimum atomic E-state index is -0.122. The first-order valence-electron chi connectivity index (χ1n) is 8.88. The van der Waals surface area contributed by atoms with E-state index in [1.807, 2.05) is 12.1 Å². The monoisotopic (exact) mass is 332 g/mol. The first-order chi connectivity index (χ1) is 11.0. The molecule has 3 heteroatoms. The molecule has 0 saturated carbocycles. The van der Waals surface area contributed by atoms with Gasteiger partial charge in [0.1, 0.15) is 11.9 Å². The Balaban J connectivity index is 2.14. The van der Waals surface area contributed by atoms with E-state index in [9.17, 15) is 4.79 Å². The van der Waals surface area contributed by atoms with E-state index in [0.717, 1.165) is 30.6 Å². The fourth-order valence-electron chi connectivity index (χ4n) is 3.38. The van der Waals surface area contributed by atoms with E-state index in [0.29, 0.717) is 0 Å². The summed E-state index contributed by atoms with van der Waals surface area (Å²) in [4.78, 5) is 12.9. The lowest BCUT2D eigenvalue weighted by molar-refractivity contribution is -0.160. The lowest BCUT2D eigenvalue weighted by Crippen LogP contribution is -2.34. The van der Waals surface area contributed by atoms with Gasteiger partial charge in [0, 0.05) is 0 Å². The van der Waals surface area contributed by atoms with Crippen molar-refractivity contribution < 1.29 is 14.3 Å². The first-order valence-corrected chi connectivity index (χ1v) is 8.88. The number of aryl methyl sites for hydroxylation is 1. The first kappa shape index (κ1) is 18.8. The van der Waals surface area contributed by atoms with E-state index < -0.39 is 0 Å². The van der Waals surface area contributed by atoms with Gasteiger partial charge in [0.15, 0.2) is 0 Å². The largest absolute Gasteiger partial charge is 0.497 e. The lowest BCUT2D eigenvalue weighted by atomic mass is 9.72. The predicted molar refractivity (Wildman–Crippen MR) is 97.2 cm³/mol. The molecule has 24 heavy (non-hydrogen) atoms. The lowest BCUT2D eigenvalue weighted by Gasteiger charge is -2.34. The molecule has 0 aliphatic heterocycles. The van der Waals surface area contributed by atoms with Crippen LogP contribution in [0.3, 0.4) is 0 Å². The highest BCUT2D eigenvalue weighted by Crippen LogP contribution is 2.40. The zero-order chi connectivity index (χ0) is 18.1. The van der Waals surface area contributed by atoms with Gasteiger partial charge in [-0.05, 0) is 53.4 Å². The summed E-state index contributed by atoms with van der Waals surface area (Å²) in [5.74, 6) is 0.701. The van der Waals surface area contributed by atoms with Crippen molar-refractivity contribution in [3.05, 3.63) is 29.3 Å². The van der Waals surface area contributed by atoms with Crippen LogP contribution in [0.25, 0.3) is 0 Å². The Hall–Kier alpha value is -1.51. The highest BCUT2D eigenvalue weighted by molar-refractivity contribution is 5.74. The molecule has 0 heterocycles. The Morgan fingerprint density at radius 3 is 2.42 bits per heavy atom. The smallest absolute Gasteiger partial charge is 0.310 e. The molecule has 1 aromatic carbocycles. The van der Waals surface area contributed by atoms with Gasteiger partial charge < -0.3 is 9.47 Å². The fraction of sp³-hybridized carbons (Fsp3) is 0.667. The van der Waals surface area contributed by atoms with E-state index in [1.54, 1.807) is 7.11 Å². The number of rotatable bonds is 4. The summed E-state index contributed by atoms with van der Waals surface area (Å²) in [6.07, 6.45) is 2.51. The van der Waals surface area contributed by atoms with Crippen molar-refractivity contribution in [1.82, 2.24) is 0 Å². The second kappa shape index (κ2) is 6.78. The van der Waals surface area contributed by atoms with Gasteiger partial charge >= 0.3 is 5.97 Å². The molecule has 0 fully saturated rings. The molecule has 0 N–H and O–H groups in total. The number of benzene rings is 1. The van der Waals surface area contributed by atoms with Crippen molar-refractivity contribution >= 4 is 5.97 Å². The quantitative estimate of drug-likeness (QED) is 0.700. The summed E-state index contributed by atoms with van der Waals surface area (Å²) in [6, 6.07) is 6.04. The van der Waals surface area contributed by atoms with Crippen LogP contribution in [0.5, 0.6) is 5.75 Å². The number of ether oxygens (including phenoxy) is 2. The summed E-state index contributed by atoms with van der Waals surface area (Å²) >= 11 is 0. The molecule has 0 saturated heterocycles. The maximum atomic E-state index is 12.9. The van der Waals surface area contributed by atoms with E-state index in [4.69, 9.17) is 9.47 Å². The molecule has 0 spiro atoms. The van der Waals surface area contributed by atoms with Crippen molar-refractivity contribution in [2.45, 2.75) is 66.9 Å². The zero-order valence-electron chi connectivity index (χ0n) is 16.2. The van der Waals surface area contributed by atoms with Crippen LogP contribution in [-0.4, -0.2) is 13.1 Å².